The summed E-state index contributed by atoms with van der Waals surface area (Å²) in [5.41, 5.74) is 2.97. The van der Waals surface area contributed by atoms with Crippen LogP contribution in [0.3, 0.4) is 0 Å². The van der Waals surface area contributed by atoms with Crippen LogP contribution >= 0.6 is 0 Å². The highest BCUT2D eigenvalue weighted by Gasteiger charge is 2.15. The molecule has 0 radical (unpaired) electrons. The van der Waals surface area contributed by atoms with Crippen LogP contribution in [0.4, 0.5) is 0 Å². The van der Waals surface area contributed by atoms with Crippen LogP contribution in [0.15, 0.2) is 18.2 Å². The summed E-state index contributed by atoms with van der Waals surface area (Å²) in [5, 5.41) is 0. The van der Waals surface area contributed by atoms with E-state index in [-0.39, 0.29) is 5.91 Å². The molecule has 0 heterocycles. The molecule has 1 amide bonds. The van der Waals surface area contributed by atoms with Gasteiger partial charge in [0.2, 0.25) is 0 Å². The van der Waals surface area contributed by atoms with Gasteiger partial charge in [0.25, 0.3) is 5.91 Å². The number of nitrogens with zero attached hydrogens (tertiary/aromatic N) is 1. The lowest BCUT2D eigenvalue weighted by molar-refractivity contribution is 0.0793. The van der Waals surface area contributed by atoms with E-state index in [1.807, 2.05) is 39.1 Å². The van der Waals surface area contributed by atoms with E-state index in [1.165, 1.54) is 0 Å². The largest absolute Gasteiger partial charge is 0.342 e. The van der Waals surface area contributed by atoms with Crippen molar-refractivity contribution in [3.63, 3.8) is 0 Å². The van der Waals surface area contributed by atoms with Gasteiger partial charge in [-0.15, -0.1) is 0 Å². The smallest absolute Gasteiger partial charge is 0.254 e. The first-order valence-corrected chi connectivity index (χ1v) is 5.39. The number of rotatable bonds is 3. The maximum absolute atomic E-state index is 12.1. The molecule has 0 bridgehead atoms. The van der Waals surface area contributed by atoms with Crippen LogP contribution in [-0.4, -0.2) is 24.4 Å². The number of hydrogen-bond acceptors (Lipinski definition) is 1. The van der Waals surface area contributed by atoms with Crippen molar-refractivity contribution < 1.29 is 4.79 Å². The van der Waals surface area contributed by atoms with Gasteiger partial charge in [-0.1, -0.05) is 25.1 Å². The summed E-state index contributed by atoms with van der Waals surface area (Å²) < 4.78 is 0. The van der Waals surface area contributed by atoms with Crippen LogP contribution in [0.1, 0.15) is 34.8 Å². The second kappa shape index (κ2) is 4.96. The van der Waals surface area contributed by atoms with Crippen LogP contribution in [0.5, 0.6) is 0 Å². The zero-order chi connectivity index (χ0) is 11.4. The summed E-state index contributed by atoms with van der Waals surface area (Å²) in [5.74, 6) is 0.132. The normalized spacial score (nSPS) is 10.1. The van der Waals surface area contributed by atoms with E-state index in [4.69, 9.17) is 0 Å². The summed E-state index contributed by atoms with van der Waals surface area (Å²) in [6.45, 7) is 6.86. The Kier molecular flexibility index (Phi) is 3.89. The molecule has 1 rings (SSSR count). The lowest BCUT2D eigenvalue weighted by Crippen LogP contribution is -2.28. The van der Waals surface area contributed by atoms with Crippen molar-refractivity contribution in [2.24, 2.45) is 0 Å². The fourth-order valence-corrected chi connectivity index (χ4v) is 1.78. The number of amides is 1. The zero-order valence-corrected chi connectivity index (χ0v) is 10.0. The van der Waals surface area contributed by atoms with Gasteiger partial charge in [0.05, 0.1) is 0 Å². The summed E-state index contributed by atoms with van der Waals surface area (Å²) in [6.07, 6.45) is 0.993. The Morgan fingerprint density at radius 2 is 1.80 bits per heavy atom. The molecule has 0 atom stereocenters. The number of hydrogen-bond donors (Lipinski definition) is 0. The Morgan fingerprint density at radius 3 is 2.27 bits per heavy atom. The number of benzene rings is 1. The van der Waals surface area contributed by atoms with Crippen LogP contribution < -0.4 is 0 Å². The van der Waals surface area contributed by atoms with Gasteiger partial charge in [-0.05, 0) is 31.4 Å². The molecule has 15 heavy (non-hydrogen) atoms. The maximum Gasteiger partial charge on any atom is 0.254 e. The fraction of sp³-hybridized carbons (Fsp3) is 0.462. The van der Waals surface area contributed by atoms with Gasteiger partial charge in [-0.3, -0.25) is 4.79 Å². The summed E-state index contributed by atoms with van der Waals surface area (Å²) in [4.78, 5) is 13.9. The molecular formula is C13H19NO. The van der Waals surface area contributed by atoms with Gasteiger partial charge in [0.15, 0.2) is 0 Å². The number of carbonyl (C=O) groups is 1. The predicted molar refractivity (Wildman–Crippen MR) is 63.2 cm³/mol. The molecule has 0 aliphatic carbocycles. The molecule has 0 fully saturated rings. The standard InChI is InChI=1S/C13H19NO/c1-5-9-14(4)13(15)12-10(2)7-6-8-11(12)3/h6-8H,5,9H2,1-4H3. The molecule has 82 valence electrons. The minimum Gasteiger partial charge on any atom is -0.342 e. The second-order valence-electron chi connectivity index (χ2n) is 3.99. The molecular weight excluding hydrogens is 186 g/mol. The van der Waals surface area contributed by atoms with E-state index in [2.05, 4.69) is 6.92 Å². The molecule has 2 nitrogen and oxygen atoms in total. The van der Waals surface area contributed by atoms with Gasteiger partial charge < -0.3 is 4.90 Å². The third-order valence-corrected chi connectivity index (χ3v) is 2.60. The molecule has 0 saturated heterocycles. The molecule has 1 aromatic carbocycles. The van der Waals surface area contributed by atoms with E-state index in [0.29, 0.717) is 0 Å². The first kappa shape index (κ1) is 11.8. The van der Waals surface area contributed by atoms with Gasteiger partial charge >= 0.3 is 0 Å². The molecule has 0 aliphatic rings. The topological polar surface area (TPSA) is 20.3 Å². The highest BCUT2D eigenvalue weighted by atomic mass is 16.2. The minimum absolute atomic E-state index is 0.132. The van der Waals surface area contributed by atoms with E-state index in [1.54, 1.807) is 4.90 Å². The minimum atomic E-state index is 0.132. The molecule has 0 spiro atoms. The van der Waals surface area contributed by atoms with Crippen LogP contribution in [0.2, 0.25) is 0 Å². The first-order chi connectivity index (χ1) is 7.07. The van der Waals surface area contributed by atoms with Crippen molar-refractivity contribution in [2.45, 2.75) is 27.2 Å². The number of carbonyl (C=O) groups excluding carboxylic acids is 1. The van der Waals surface area contributed by atoms with Crippen LogP contribution in [0, 0.1) is 13.8 Å². The van der Waals surface area contributed by atoms with Crippen LogP contribution in [0.25, 0.3) is 0 Å². The molecule has 0 N–H and O–H groups in total. The van der Waals surface area contributed by atoms with Crippen molar-refractivity contribution in [1.82, 2.24) is 4.90 Å². The average molecular weight is 205 g/mol. The predicted octanol–water partition coefficient (Wildman–Crippen LogP) is 2.79. The molecule has 0 aliphatic heterocycles. The van der Waals surface area contributed by atoms with E-state index in [0.717, 1.165) is 29.7 Å². The zero-order valence-electron chi connectivity index (χ0n) is 10.0. The maximum atomic E-state index is 12.1. The van der Waals surface area contributed by atoms with E-state index < -0.39 is 0 Å². The van der Waals surface area contributed by atoms with E-state index in [9.17, 15) is 4.79 Å². The van der Waals surface area contributed by atoms with Gasteiger partial charge in [0.1, 0.15) is 0 Å². The lowest BCUT2D eigenvalue weighted by Gasteiger charge is -2.18. The van der Waals surface area contributed by atoms with Crippen molar-refractivity contribution in [3.05, 3.63) is 34.9 Å². The summed E-state index contributed by atoms with van der Waals surface area (Å²) >= 11 is 0. The third kappa shape index (κ3) is 2.58. The Labute approximate surface area is 91.9 Å². The molecule has 2 heteroatoms. The van der Waals surface area contributed by atoms with Crippen molar-refractivity contribution in [3.8, 4) is 0 Å². The Hall–Kier alpha value is -1.31. The SMILES string of the molecule is CCCN(C)C(=O)c1c(C)cccc1C. The van der Waals surface area contributed by atoms with Gasteiger partial charge in [-0.2, -0.15) is 0 Å². The summed E-state index contributed by atoms with van der Waals surface area (Å²) in [6, 6.07) is 5.96. The summed E-state index contributed by atoms with van der Waals surface area (Å²) in [7, 11) is 1.86. The van der Waals surface area contributed by atoms with Crippen molar-refractivity contribution in [1.29, 1.82) is 0 Å². The van der Waals surface area contributed by atoms with Gasteiger partial charge in [0, 0.05) is 19.2 Å². The lowest BCUT2D eigenvalue weighted by atomic mass is 10.0. The Balaban J connectivity index is 3.00. The van der Waals surface area contributed by atoms with Crippen molar-refractivity contribution in [2.75, 3.05) is 13.6 Å². The number of aryl methyl sites for hydroxylation is 2. The van der Waals surface area contributed by atoms with Crippen LogP contribution in [-0.2, 0) is 0 Å². The second-order valence-corrected chi connectivity index (χ2v) is 3.99. The third-order valence-electron chi connectivity index (χ3n) is 2.60. The molecule has 1 aromatic rings. The molecule has 0 aromatic heterocycles. The Morgan fingerprint density at radius 1 is 1.27 bits per heavy atom. The highest BCUT2D eigenvalue weighted by molar-refractivity contribution is 5.96. The van der Waals surface area contributed by atoms with E-state index >= 15 is 0 Å². The fourth-order valence-electron chi connectivity index (χ4n) is 1.78. The first-order valence-electron chi connectivity index (χ1n) is 5.39. The van der Waals surface area contributed by atoms with Gasteiger partial charge in [-0.25, -0.2) is 0 Å². The quantitative estimate of drug-likeness (QED) is 0.743. The monoisotopic (exact) mass is 205 g/mol. The molecule has 0 unspecified atom stereocenters. The molecule has 0 saturated carbocycles. The average Bonchev–Trinajstić information content (AvgIpc) is 2.17. The van der Waals surface area contributed by atoms with Crippen molar-refractivity contribution >= 4 is 5.91 Å². The Bertz CT molecular complexity index is 337. The highest BCUT2D eigenvalue weighted by Crippen LogP contribution is 2.15.